The van der Waals surface area contributed by atoms with Gasteiger partial charge in [-0.2, -0.15) is 15.1 Å². The van der Waals surface area contributed by atoms with E-state index in [0.717, 1.165) is 81.1 Å². The number of hydrogen-bond acceptors (Lipinski definition) is 8. The minimum atomic E-state index is -0.183. The molecule has 0 saturated carbocycles. The number of nitrogens with zero attached hydrogens (tertiary/aromatic N) is 8. The first kappa shape index (κ1) is 30.1. The highest BCUT2D eigenvalue weighted by Gasteiger charge is 2.49. The van der Waals surface area contributed by atoms with E-state index in [1.807, 2.05) is 4.68 Å². The quantitative estimate of drug-likeness (QED) is 0.401. The van der Waals surface area contributed by atoms with Crippen LogP contribution in [0.3, 0.4) is 0 Å². The second kappa shape index (κ2) is 11.2. The summed E-state index contributed by atoms with van der Waals surface area (Å²) in [6.45, 7) is 8.04. The van der Waals surface area contributed by atoms with Gasteiger partial charge in [0.2, 0.25) is 0 Å². The third-order valence-electron chi connectivity index (χ3n) is 11.5. The van der Waals surface area contributed by atoms with Gasteiger partial charge in [0.25, 0.3) is 5.91 Å². The van der Waals surface area contributed by atoms with Crippen LogP contribution in [0.2, 0.25) is 5.02 Å². The van der Waals surface area contributed by atoms with E-state index in [9.17, 15) is 4.79 Å². The highest BCUT2D eigenvalue weighted by atomic mass is 35.5. The summed E-state index contributed by atoms with van der Waals surface area (Å²) < 4.78 is 8.59. The maximum Gasteiger partial charge on any atom is 0.318 e. The molecule has 6 heterocycles. The van der Waals surface area contributed by atoms with E-state index in [0.29, 0.717) is 42.3 Å². The van der Waals surface area contributed by atoms with E-state index < -0.39 is 0 Å². The Labute approximate surface area is 276 Å². The van der Waals surface area contributed by atoms with E-state index >= 15 is 0 Å². The summed E-state index contributed by atoms with van der Waals surface area (Å²) in [5.41, 5.74) is 6.28. The number of carbonyl (C=O) groups is 1. The number of aryl methyl sites for hydroxylation is 2. The lowest BCUT2D eigenvalue weighted by molar-refractivity contribution is 0.0821. The summed E-state index contributed by atoms with van der Waals surface area (Å²) in [5, 5.41) is 5.08. The van der Waals surface area contributed by atoms with E-state index in [1.54, 1.807) is 14.1 Å². The molecule has 4 aliphatic heterocycles. The fraction of sp³-hybridized carbons (Fsp3) is 0.600. The number of carbonyl (C=O) groups excluding carboxylic acids is 1. The van der Waals surface area contributed by atoms with Crippen LogP contribution in [-0.4, -0.2) is 93.3 Å². The third-order valence-corrected chi connectivity index (χ3v) is 11.9. The molecule has 0 N–H and O–H groups in total. The SMILES string of the molecule is C[C@H]1CN2CCC[C@@]2(COc2nc3c(c(N4CCCn5nc(C(=O)N(C)C)c(Cl)c5C4)n2)CN(C)[C@@]2(CCc4ccccc42)C3)C1. The summed E-state index contributed by atoms with van der Waals surface area (Å²) in [5.74, 6) is 1.41. The zero-order chi connectivity index (χ0) is 31.8. The number of fused-ring (bicyclic) bond motifs is 5. The molecule has 46 heavy (non-hydrogen) atoms. The van der Waals surface area contributed by atoms with Gasteiger partial charge in [-0.25, -0.2) is 0 Å². The molecule has 1 aliphatic carbocycles. The maximum atomic E-state index is 12.9. The topological polar surface area (TPSA) is 82.9 Å². The number of rotatable bonds is 5. The summed E-state index contributed by atoms with van der Waals surface area (Å²) in [4.78, 5) is 32.3. The number of benzene rings is 1. The van der Waals surface area contributed by atoms with Gasteiger partial charge < -0.3 is 14.5 Å². The molecule has 10 nitrogen and oxygen atoms in total. The van der Waals surface area contributed by atoms with Crippen molar-refractivity contribution in [2.45, 2.75) is 82.6 Å². The molecule has 2 fully saturated rings. The smallest absolute Gasteiger partial charge is 0.318 e. The molecule has 0 unspecified atom stereocenters. The van der Waals surface area contributed by atoms with Gasteiger partial charge >= 0.3 is 6.01 Å². The Bertz CT molecular complexity index is 1690. The summed E-state index contributed by atoms with van der Waals surface area (Å²) >= 11 is 6.89. The molecule has 1 spiro atoms. The predicted octanol–water partition coefficient (Wildman–Crippen LogP) is 4.52. The number of aromatic nitrogens is 4. The molecule has 244 valence electrons. The minimum Gasteiger partial charge on any atom is -0.461 e. The molecule has 3 aromatic rings. The summed E-state index contributed by atoms with van der Waals surface area (Å²) in [6, 6.07) is 9.39. The number of likely N-dealkylation sites (N-methyl/N-ethyl adjacent to an activating group) is 1. The Morgan fingerprint density at radius 3 is 2.80 bits per heavy atom. The van der Waals surface area contributed by atoms with E-state index in [1.165, 1.54) is 28.9 Å². The normalized spacial score (nSPS) is 27.3. The Kier molecular flexibility index (Phi) is 7.34. The van der Waals surface area contributed by atoms with E-state index in [4.69, 9.17) is 26.3 Å². The van der Waals surface area contributed by atoms with Gasteiger partial charge in [0, 0.05) is 52.3 Å². The monoisotopic (exact) mass is 644 g/mol. The number of amides is 1. The molecular formula is C35H45ClN8O2. The van der Waals surface area contributed by atoms with E-state index in [-0.39, 0.29) is 17.0 Å². The Morgan fingerprint density at radius 1 is 1.11 bits per heavy atom. The highest BCUT2D eigenvalue weighted by Crippen LogP contribution is 2.48. The molecule has 1 amide bonds. The molecule has 1 aromatic carbocycles. The van der Waals surface area contributed by atoms with Crippen LogP contribution in [0.15, 0.2) is 24.3 Å². The fourth-order valence-electron chi connectivity index (χ4n) is 9.21. The third kappa shape index (κ3) is 4.73. The van der Waals surface area contributed by atoms with Gasteiger partial charge in [-0.05, 0) is 69.2 Å². The van der Waals surface area contributed by atoms with Crippen LogP contribution >= 0.6 is 11.6 Å². The lowest BCUT2D eigenvalue weighted by Gasteiger charge is -2.44. The molecule has 11 heteroatoms. The number of ether oxygens (including phenoxy) is 1. The van der Waals surface area contributed by atoms with Crippen molar-refractivity contribution in [3.63, 3.8) is 0 Å². The fourth-order valence-corrected chi connectivity index (χ4v) is 9.49. The van der Waals surface area contributed by atoms with Crippen LogP contribution in [0.5, 0.6) is 6.01 Å². The van der Waals surface area contributed by atoms with Crippen LogP contribution in [0.1, 0.15) is 77.6 Å². The van der Waals surface area contributed by atoms with Crippen molar-refractivity contribution in [3.8, 4) is 6.01 Å². The van der Waals surface area contributed by atoms with Gasteiger partial charge in [-0.1, -0.05) is 42.8 Å². The van der Waals surface area contributed by atoms with Gasteiger partial charge in [0.15, 0.2) is 5.69 Å². The average molecular weight is 645 g/mol. The molecule has 0 radical (unpaired) electrons. The van der Waals surface area contributed by atoms with Crippen molar-refractivity contribution in [2.75, 3.05) is 52.3 Å². The predicted molar refractivity (Wildman–Crippen MR) is 177 cm³/mol. The minimum absolute atomic E-state index is 0.0860. The number of anilines is 1. The van der Waals surface area contributed by atoms with Crippen molar-refractivity contribution in [2.24, 2.45) is 5.92 Å². The maximum absolute atomic E-state index is 12.9. The Balaban J connectivity index is 1.18. The van der Waals surface area contributed by atoms with Gasteiger partial charge in [0.05, 0.1) is 34.0 Å². The second-order valence-corrected chi connectivity index (χ2v) is 15.0. The number of hydrogen-bond donors (Lipinski definition) is 0. The van der Waals surface area contributed by atoms with Crippen molar-refractivity contribution < 1.29 is 9.53 Å². The standard InChI is InChI=1S/C35H45ClN8O2/c1-23-17-34(12-7-15-43(34)19-23)22-46-33-37-27-18-35(13-11-24-9-5-6-10-26(24)35)41(4)20-25(27)31(38-33)42-14-8-16-44-28(21-42)29(36)30(39-44)32(45)40(2)3/h5-6,9-10,23H,7-8,11-22H2,1-4H3/t23-,34+,35+/m1/s1. The first-order chi connectivity index (χ1) is 22.2. The molecule has 5 aliphatic rings. The van der Waals surface area contributed by atoms with Crippen molar-refractivity contribution in [1.29, 1.82) is 0 Å². The van der Waals surface area contributed by atoms with Gasteiger partial charge in [-0.3, -0.25) is 19.3 Å². The molecule has 2 aromatic heterocycles. The lowest BCUT2D eigenvalue weighted by atomic mass is 9.81. The van der Waals surface area contributed by atoms with Crippen LogP contribution < -0.4 is 9.64 Å². The van der Waals surface area contributed by atoms with Crippen molar-refractivity contribution in [3.05, 3.63) is 63.1 Å². The largest absolute Gasteiger partial charge is 0.461 e. The van der Waals surface area contributed by atoms with Crippen LogP contribution in [0.25, 0.3) is 0 Å². The van der Waals surface area contributed by atoms with Crippen molar-refractivity contribution in [1.82, 2.24) is 34.4 Å². The second-order valence-electron chi connectivity index (χ2n) is 14.7. The summed E-state index contributed by atoms with van der Waals surface area (Å²) in [6.07, 6.45) is 7.40. The first-order valence-electron chi connectivity index (χ1n) is 17.0. The zero-order valence-corrected chi connectivity index (χ0v) is 28.3. The zero-order valence-electron chi connectivity index (χ0n) is 27.6. The Morgan fingerprint density at radius 2 is 1.96 bits per heavy atom. The molecule has 2 saturated heterocycles. The summed E-state index contributed by atoms with van der Waals surface area (Å²) in [7, 11) is 5.71. The van der Waals surface area contributed by atoms with Gasteiger partial charge in [0.1, 0.15) is 12.4 Å². The molecule has 0 bridgehead atoms. The van der Waals surface area contributed by atoms with Crippen LogP contribution in [-0.2, 0) is 38.0 Å². The lowest BCUT2D eigenvalue weighted by Crippen LogP contribution is -2.48. The first-order valence-corrected chi connectivity index (χ1v) is 17.3. The van der Waals surface area contributed by atoms with Crippen LogP contribution in [0.4, 0.5) is 5.82 Å². The number of halogens is 1. The average Bonchev–Trinajstić information content (AvgIpc) is 3.72. The van der Waals surface area contributed by atoms with E-state index in [2.05, 4.69) is 58.0 Å². The van der Waals surface area contributed by atoms with Crippen molar-refractivity contribution >= 4 is 23.3 Å². The molecule has 3 atom stereocenters. The molecular weight excluding hydrogens is 600 g/mol. The Hall–Kier alpha value is -3.21. The van der Waals surface area contributed by atoms with Gasteiger partial charge in [-0.15, -0.1) is 0 Å². The highest BCUT2D eigenvalue weighted by molar-refractivity contribution is 6.34. The molecule has 8 rings (SSSR count). The van der Waals surface area contributed by atoms with Crippen LogP contribution in [0, 0.1) is 5.92 Å².